The maximum atomic E-state index is 6.75. The summed E-state index contributed by atoms with van der Waals surface area (Å²) >= 11 is 6.75. The van der Waals surface area contributed by atoms with Gasteiger partial charge < -0.3 is 0 Å². The van der Waals surface area contributed by atoms with Crippen molar-refractivity contribution in [2.75, 3.05) is 0 Å². The maximum Gasteiger partial charge on any atom is 0.159 e. The van der Waals surface area contributed by atoms with E-state index in [-0.39, 0.29) is 0 Å². The van der Waals surface area contributed by atoms with Crippen LogP contribution in [0.3, 0.4) is 0 Å². The van der Waals surface area contributed by atoms with E-state index < -0.39 is 7.38 Å². The van der Waals surface area contributed by atoms with E-state index in [0.717, 1.165) is 5.92 Å². The van der Waals surface area contributed by atoms with Gasteiger partial charge in [0.25, 0.3) is 0 Å². The van der Waals surface area contributed by atoms with Crippen LogP contribution in [0.2, 0.25) is 17.6 Å². The standard InChI is InChI=1S/C11H23ClSi/c1-9-7-8-13(6,12)11(4,5)10(9,2)3/h9H,7-8H2,1-6H3. The molecule has 0 bridgehead atoms. The number of rotatable bonds is 0. The molecular formula is C11H23ClSi. The van der Waals surface area contributed by atoms with Gasteiger partial charge in [0, 0.05) is 0 Å². The zero-order chi connectivity index (χ0) is 10.5. The molecule has 0 aromatic carbocycles. The van der Waals surface area contributed by atoms with E-state index in [0.29, 0.717) is 10.5 Å². The molecule has 0 N–H and O–H groups in total. The van der Waals surface area contributed by atoms with Crippen molar-refractivity contribution < 1.29 is 0 Å². The summed E-state index contributed by atoms with van der Waals surface area (Å²) in [6.07, 6.45) is 1.32. The Morgan fingerprint density at radius 1 is 1.23 bits per heavy atom. The minimum Gasteiger partial charge on any atom is -0.167 e. The topological polar surface area (TPSA) is 0 Å². The fourth-order valence-corrected chi connectivity index (χ4v) is 6.70. The highest BCUT2D eigenvalue weighted by Crippen LogP contribution is 2.63. The summed E-state index contributed by atoms with van der Waals surface area (Å²) in [7, 11) is -1.52. The molecule has 2 atom stereocenters. The van der Waals surface area contributed by atoms with Crippen LogP contribution in [0.25, 0.3) is 0 Å². The summed E-state index contributed by atoms with van der Waals surface area (Å²) in [5.74, 6) is 0.807. The minimum atomic E-state index is -1.52. The van der Waals surface area contributed by atoms with E-state index in [4.69, 9.17) is 11.1 Å². The molecule has 2 heteroatoms. The van der Waals surface area contributed by atoms with Gasteiger partial charge in [0.05, 0.1) is 0 Å². The third kappa shape index (κ3) is 1.48. The molecule has 2 unspecified atom stereocenters. The van der Waals surface area contributed by atoms with Crippen LogP contribution < -0.4 is 0 Å². The fraction of sp³-hybridized carbons (Fsp3) is 1.00. The van der Waals surface area contributed by atoms with Crippen LogP contribution in [0.15, 0.2) is 0 Å². The molecule has 1 saturated heterocycles. The van der Waals surface area contributed by atoms with Crippen molar-refractivity contribution in [1.29, 1.82) is 0 Å². The SMILES string of the molecule is CC1CC[Si](C)(Cl)C(C)(C)C1(C)C. The molecule has 1 heterocycles. The monoisotopic (exact) mass is 218 g/mol. The van der Waals surface area contributed by atoms with Gasteiger partial charge in [-0.25, -0.2) is 0 Å². The molecule has 0 radical (unpaired) electrons. The van der Waals surface area contributed by atoms with Gasteiger partial charge in [0.2, 0.25) is 0 Å². The van der Waals surface area contributed by atoms with Crippen molar-refractivity contribution in [3.8, 4) is 0 Å². The quantitative estimate of drug-likeness (QED) is 0.410. The summed E-state index contributed by atoms with van der Waals surface area (Å²) < 4.78 is 0. The molecule has 1 rings (SSSR count). The molecule has 13 heavy (non-hydrogen) atoms. The van der Waals surface area contributed by atoms with Crippen LogP contribution >= 0.6 is 11.1 Å². The summed E-state index contributed by atoms with van der Waals surface area (Å²) in [5.41, 5.74) is 0.397. The normalized spacial score (nSPS) is 43.2. The van der Waals surface area contributed by atoms with Gasteiger partial charge in [-0.2, -0.15) is 11.1 Å². The lowest BCUT2D eigenvalue weighted by molar-refractivity contribution is 0.139. The average molecular weight is 219 g/mol. The van der Waals surface area contributed by atoms with E-state index in [9.17, 15) is 0 Å². The Kier molecular flexibility index (Phi) is 2.67. The van der Waals surface area contributed by atoms with Crippen molar-refractivity contribution in [1.82, 2.24) is 0 Å². The predicted octanol–water partition coefficient (Wildman–Crippen LogP) is 4.65. The second kappa shape index (κ2) is 3.00. The first-order valence-corrected chi connectivity index (χ1v) is 9.04. The first-order valence-electron chi connectivity index (χ1n) is 5.32. The molecule has 0 spiro atoms. The molecule has 0 saturated carbocycles. The average Bonchev–Trinajstić information content (AvgIpc) is 1.97. The first kappa shape index (κ1) is 11.6. The molecule has 1 aliphatic rings. The highest BCUT2D eigenvalue weighted by Gasteiger charge is 2.56. The molecule has 0 nitrogen and oxygen atoms in total. The molecule has 0 aromatic rings. The molecule has 0 amide bonds. The number of hydrogen-bond acceptors (Lipinski definition) is 0. The van der Waals surface area contributed by atoms with Crippen molar-refractivity contribution >= 4 is 18.5 Å². The summed E-state index contributed by atoms with van der Waals surface area (Å²) in [6.45, 7) is 14.3. The Morgan fingerprint density at radius 3 is 2.08 bits per heavy atom. The first-order chi connectivity index (χ1) is 5.63. The van der Waals surface area contributed by atoms with Crippen LogP contribution in [0.1, 0.15) is 41.0 Å². The summed E-state index contributed by atoms with van der Waals surface area (Å²) in [6, 6.07) is 1.28. The van der Waals surface area contributed by atoms with Crippen molar-refractivity contribution in [2.24, 2.45) is 11.3 Å². The van der Waals surface area contributed by atoms with Crippen LogP contribution in [0, 0.1) is 11.3 Å². The molecule has 0 aliphatic carbocycles. The summed E-state index contributed by atoms with van der Waals surface area (Å²) in [5, 5.41) is 0.346. The smallest absolute Gasteiger partial charge is 0.159 e. The molecule has 78 valence electrons. The van der Waals surface area contributed by atoms with Crippen LogP contribution in [0.5, 0.6) is 0 Å². The Bertz CT molecular complexity index is 206. The maximum absolute atomic E-state index is 6.75. The van der Waals surface area contributed by atoms with Crippen LogP contribution in [-0.4, -0.2) is 7.38 Å². The van der Waals surface area contributed by atoms with Gasteiger partial charge in [-0.3, -0.25) is 0 Å². The van der Waals surface area contributed by atoms with Gasteiger partial charge in [-0.1, -0.05) is 47.6 Å². The van der Waals surface area contributed by atoms with Gasteiger partial charge in [0.15, 0.2) is 7.38 Å². The highest BCUT2D eigenvalue weighted by molar-refractivity contribution is 7.21. The lowest BCUT2D eigenvalue weighted by Gasteiger charge is -2.56. The Morgan fingerprint density at radius 2 is 1.69 bits per heavy atom. The highest BCUT2D eigenvalue weighted by atomic mass is 35.6. The molecule has 0 aromatic heterocycles. The Balaban J connectivity index is 3.07. The zero-order valence-electron chi connectivity index (χ0n) is 9.87. The zero-order valence-corrected chi connectivity index (χ0v) is 11.6. The van der Waals surface area contributed by atoms with E-state index in [1.54, 1.807) is 0 Å². The number of halogens is 1. The fourth-order valence-electron chi connectivity index (χ4n) is 2.45. The lowest BCUT2D eigenvalue weighted by Crippen LogP contribution is -2.52. The summed E-state index contributed by atoms with van der Waals surface area (Å²) in [4.78, 5) is 0. The molecule has 1 aliphatic heterocycles. The van der Waals surface area contributed by atoms with E-state index in [1.807, 2.05) is 0 Å². The van der Waals surface area contributed by atoms with Crippen molar-refractivity contribution in [3.05, 3.63) is 0 Å². The minimum absolute atomic E-state index is 0.346. The number of hydrogen-bond donors (Lipinski definition) is 0. The van der Waals surface area contributed by atoms with Gasteiger partial charge in [0.1, 0.15) is 0 Å². The van der Waals surface area contributed by atoms with Crippen molar-refractivity contribution in [3.63, 3.8) is 0 Å². The Labute approximate surface area is 88.8 Å². The van der Waals surface area contributed by atoms with E-state index in [1.165, 1.54) is 12.5 Å². The second-order valence-corrected chi connectivity index (χ2v) is 12.6. The van der Waals surface area contributed by atoms with Crippen molar-refractivity contribution in [2.45, 2.75) is 58.7 Å². The second-order valence-electron chi connectivity index (χ2n) is 5.98. The van der Waals surface area contributed by atoms with E-state index >= 15 is 0 Å². The van der Waals surface area contributed by atoms with Gasteiger partial charge >= 0.3 is 0 Å². The Hall–Kier alpha value is 0.507. The van der Waals surface area contributed by atoms with Crippen LogP contribution in [-0.2, 0) is 0 Å². The van der Waals surface area contributed by atoms with Crippen LogP contribution in [0.4, 0.5) is 0 Å². The lowest BCUT2D eigenvalue weighted by atomic mass is 9.69. The molecular weight excluding hydrogens is 196 g/mol. The molecule has 1 fully saturated rings. The largest absolute Gasteiger partial charge is 0.167 e. The van der Waals surface area contributed by atoms with Gasteiger partial charge in [-0.15, -0.1) is 0 Å². The van der Waals surface area contributed by atoms with Gasteiger partial charge in [-0.05, 0) is 22.4 Å². The third-order valence-corrected chi connectivity index (χ3v) is 11.7. The third-order valence-electron chi connectivity index (χ3n) is 5.19. The predicted molar refractivity (Wildman–Crippen MR) is 63.9 cm³/mol. The van der Waals surface area contributed by atoms with E-state index in [2.05, 4.69) is 41.2 Å².